The first-order valence-electron chi connectivity index (χ1n) is 6.80. The van der Waals surface area contributed by atoms with Crippen LogP contribution in [0.2, 0.25) is 0 Å². The summed E-state index contributed by atoms with van der Waals surface area (Å²) in [4.78, 5) is 16.6. The number of rotatable bonds is 3. The molecule has 4 heteroatoms. The molecule has 1 fully saturated rings. The predicted octanol–water partition coefficient (Wildman–Crippen LogP) is 1.65. The van der Waals surface area contributed by atoms with Crippen LogP contribution >= 0.6 is 0 Å². The van der Waals surface area contributed by atoms with Gasteiger partial charge in [0.1, 0.15) is 5.75 Å². The van der Waals surface area contributed by atoms with Crippen molar-refractivity contribution >= 4 is 5.91 Å². The molecule has 0 saturated carbocycles. The van der Waals surface area contributed by atoms with Gasteiger partial charge in [0, 0.05) is 31.7 Å². The number of piperazine rings is 1. The van der Waals surface area contributed by atoms with Crippen molar-refractivity contribution in [3.8, 4) is 5.75 Å². The van der Waals surface area contributed by atoms with Gasteiger partial charge in [0.15, 0.2) is 0 Å². The molecule has 104 valence electrons. The number of carbonyl (C=O) groups is 1. The van der Waals surface area contributed by atoms with Crippen LogP contribution in [0.4, 0.5) is 0 Å². The van der Waals surface area contributed by atoms with Crippen molar-refractivity contribution in [2.45, 2.75) is 13.3 Å². The van der Waals surface area contributed by atoms with E-state index in [4.69, 9.17) is 4.74 Å². The molecule has 1 saturated heterocycles. The molecule has 2 rings (SSSR count). The number of carbonyl (C=O) groups excluding carboxylic acids is 1. The minimum absolute atomic E-state index is 0.130. The third-order valence-corrected chi connectivity index (χ3v) is 3.70. The summed E-state index contributed by atoms with van der Waals surface area (Å²) in [7, 11) is 3.75. The monoisotopic (exact) mass is 262 g/mol. The van der Waals surface area contributed by atoms with E-state index in [-0.39, 0.29) is 5.91 Å². The van der Waals surface area contributed by atoms with E-state index in [9.17, 15) is 4.79 Å². The topological polar surface area (TPSA) is 32.8 Å². The Morgan fingerprint density at radius 2 is 1.95 bits per heavy atom. The van der Waals surface area contributed by atoms with Gasteiger partial charge in [0.2, 0.25) is 0 Å². The Hall–Kier alpha value is -1.55. The molecule has 1 heterocycles. The number of likely N-dealkylation sites (N-methyl/N-ethyl adjacent to an activating group) is 1. The smallest absolute Gasteiger partial charge is 0.253 e. The minimum Gasteiger partial charge on any atom is -0.496 e. The van der Waals surface area contributed by atoms with Crippen molar-refractivity contribution in [2.24, 2.45) is 0 Å². The lowest BCUT2D eigenvalue weighted by Gasteiger charge is -2.32. The summed E-state index contributed by atoms with van der Waals surface area (Å²) in [5, 5.41) is 0. The molecule has 0 N–H and O–H groups in total. The highest BCUT2D eigenvalue weighted by Gasteiger charge is 2.20. The van der Waals surface area contributed by atoms with E-state index >= 15 is 0 Å². The van der Waals surface area contributed by atoms with E-state index in [0.29, 0.717) is 0 Å². The molecule has 0 bridgehead atoms. The molecule has 1 amide bonds. The summed E-state index contributed by atoms with van der Waals surface area (Å²) >= 11 is 0. The van der Waals surface area contributed by atoms with Gasteiger partial charge in [0.25, 0.3) is 5.91 Å². The van der Waals surface area contributed by atoms with Gasteiger partial charge in [-0.2, -0.15) is 0 Å². The number of hydrogen-bond donors (Lipinski definition) is 0. The maximum Gasteiger partial charge on any atom is 0.253 e. The van der Waals surface area contributed by atoms with Gasteiger partial charge in [-0.1, -0.05) is 6.92 Å². The maximum atomic E-state index is 12.4. The second kappa shape index (κ2) is 6.06. The summed E-state index contributed by atoms with van der Waals surface area (Å²) < 4.78 is 5.30. The van der Waals surface area contributed by atoms with Crippen molar-refractivity contribution in [2.75, 3.05) is 40.3 Å². The molecule has 0 aliphatic carbocycles. The van der Waals surface area contributed by atoms with Gasteiger partial charge < -0.3 is 14.5 Å². The zero-order valence-corrected chi connectivity index (χ0v) is 12.0. The van der Waals surface area contributed by atoms with Gasteiger partial charge in [-0.25, -0.2) is 0 Å². The normalized spacial score (nSPS) is 16.5. The van der Waals surface area contributed by atoms with Crippen LogP contribution < -0.4 is 4.74 Å². The highest BCUT2D eigenvalue weighted by Crippen LogP contribution is 2.21. The van der Waals surface area contributed by atoms with Crippen molar-refractivity contribution in [1.29, 1.82) is 0 Å². The summed E-state index contributed by atoms with van der Waals surface area (Å²) in [5.74, 6) is 0.989. The SMILES string of the molecule is CCc1cc(C(=O)N2CCN(C)CC2)ccc1OC. The molecular formula is C15H22N2O2. The van der Waals surface area contributed by atoms with Crippen LogP contribution in [-0.4, -0.2) is 56.0 Å². The van der Waals surface area contributed by atoms with E-state index < -0.39 is 0 Å². The largest absolute Gasteiger partial charge is 0.496 e. The Bertz CT molecular complexity index is 451. The van der Waals surface area contributed by atoms with E-state index in [1.807, 2.05) is 23.1 Å². The van der Waals surface area contributed by atoms with Gasteiger partial charge in [-0.05, 0) is 37.2 Å². The highest BCUT2D eigenvalue weighted by atomic mass is 16.5. The lowest BCUT2D eigenvalue weighted by atomic mass is 10.1. The second-order valence-corrected chi connectivity index (χ2v) is 4.98. The molecule has 4 nitrogen and oxygen atoms in total. The Kier molecular flexibility index (Phi) is 4.43. The summed E-state index contributed by atoms with van der Waals surface area (Å²) in [6.45, 7) is 5.58. The molecule has 0 spiro atoms. The van der Waals surface area contributed by atoms with Crippen molar-refractivity contribution in [1.82, 2.24) is 9.80 Å². The number of ether oxygens (including phenoxy) is 1. The third-order valence-electron chi connectivity index (χ3n) is 3.70. The number of methoxy groups -OCH3 is 1. The zero-order valence-electron chi connectivity index (χ0n) is 12.0. The summed E-state index contributed by atoms with van der Waals surface area (Å²) in [6.07, 6.45) is 0.868. The van der Waals surface area contributed by atoms with E-state index in [1.54, 1.807) is 7.11 Å². The summed E-state index contributed by atoms with van der Waals surface area (Å²) in [6, 6.07) is 5.71. The molecule has 0 radical (unpaired) electrons. The van der Waals surface area contributed by atoms with Crippen LogP contribution in [0.5, 0.6) is 5.75 Å². The zero-order chi connectivity index (χ0) is 13.8. The molecule has 1 aromatic carbocycles. The molecule has 0 aromatic heterocycles. The Balaban J connectivity index is 2.15. The number of amides is 1. The quantitative estimate of drug-likeness (QED) is 0.830. The van der Waals surface area contributed by atoms with Gasteiger partial charge in [-0.15, -0.1) is 0 Å². The molecule has 19 heavy (non-hydrogen) atoms. The first kappa shape index (κ1) is 13.9. The second-order valence-electron chi connectivity index (χ2n) is 4.98. The Morgan fingerprint density at radius 3 is 2.53 bits per heavy atom. The molecule has 1 aliphatic rings. The van der Waals surface area contributed by atoms with Crippen LogP contribution in [0.15, 0.2) is 18.2 Å². The maximum absolute atomic E-state index is 12.4. The van der Waals surface area contributed by atoms with Crippen molar-refractivity contribution < 1.29 is 9.53 Å². The van der Waals surface area contributed by atoms with E-state index in [0.717, 1.165) is 49.5 Å². The molecule has 0 atom stereocenters. The van der Waals surface area contributed by atoms with Gasteiger partial charge >= 0.3 is 0 Å². The minimum atomic E-state index is 0.130. The lowest BCUT2D eigenvalue weighted by Crippen LogP contribution is -2.47. The van der Waals surface area contributed by atoms with E-state index in [2.05, 4.69) is 18.9 Å². The fourth-order valence-electron chi connectivity index (χ4n) is 2.38. The average molecular weight is 262 g/mol. The summed E-state index contributed by atoms with van der Waals surface area (Å²) in [5.41, 5.74) is 1.85. The average Bonchev–Trinajstić information content (AvgIpc) is 2.46. The van der Waals surface area contributed by atoms with Crippen LogP contribution in [0.25, 0.3) is 0 Å². The van der Waals surface area contributed by atoms with E-state index in [1.165, 1.54) is 0 Å². The fraction of sp³-hybridized carbons (Fsp3) is 0.533. The Morgan fingerprint density at radius 1 is 1.26 bits per heavy atom. The number of hydrogen-bond acceptors (Lipinski definition) is 3. The van der Waals surface area contributed by atoms with Gasteiger partial charge in [0.05, 0.1) is 7.11 Å². The fourth-order valence-corrected chi connectivity index (χ4v) is 2.38. The number of benzene rings is 1. The van der Waals surface area contributed by atoms with Crippen LogP contribution in [0.3, 0.4) is 0 Å². The predicted molar refractivity (Wildman–Crippen MR) is 75.8 cm³/mol. The first-order valence-corrected chi connectivity index (χ1v) is 6.80. The Labute approximate surface area is 115 Å². The first-order chi connectivity index (χ1) is 9.15. The third kappa shape index (κ3) is 3.07. The van der Waals surface area contributed by atoms with Crippen LogP contribution in [-0.2, 0) is 6.42 Å². The van der Waals surface area contributed by atoms with Crippen molar-refractivity contribution in [3.05, 3.63) is 29.3 Å². The molecule has 1 aromatic rings. The van der Waals surface area contributed by atoms with Gasteiger partial charge in [-0.3, -0.25) is 4.79 Å². The van der Waals surface area contributed by atoms with Crippen molar-refractivity contribution in [3.63, 3.8) is 0 Å². The number of nitrogens with zero attached hydrogens (tertiary/aromatic N) is 2. The standard InChI is InChI=1S/C15H22N2O2/c1-4-12-11-13(5-6-14(12)19-3)15(18)17-9-7-16(2)8-10-17/h5-6,11H,4,7-10H2,1-3H3. The highest BCUT2D eigenvalue weighted by molar-refractivity contribution is 5.94. The molecule has 1 aliphatic heterocycles. The molecular weight excluding hydrogens is 240 g/mol. The molecule has 0 unspecified atom stereocenters. The van der Waals surface area contributed by atoms with Crippen LogP contribution in [0, 0.1) is 0 Å². The lowest BCUT2D eigenvalue weighted by molar-refractivity contribution is 0.0664. The van der Waals surface area contributed by atoms with Crippen LogP contribution in [0.1, 0.15) is 22.8 Å². The number of aryl methyl sites for hydroxylation is 1.